The van der Waals surface area contributed by atoms with E-state index in [4.69, 9.17) is 4.74 Å². The zero-order valence-electron chi connectivity index (χ0n) is 22.1. The normalized spacial score (nSPS) is 28.8. The summed E-state index contributed by atoms with van der Waals surface area (Å²) >= 11 is 0. The number of esters is 1. The average molecular weight is 480 g/mol. The molecule has 1 aromatic carbocycles. The summed E-state index contributed by atoms with van der Waals surface area (Å²) in [5, 5.41) is 11.9. The third-order valence-corrected chi connectivity index (χ3v) is 7.67. The van der Waals surface area contributed by atoms with E-state index in [9.17, 15) is 14.7 Å². The molecule has 0 aliphatic carbocycles. The van der Waals surface area contributed by atoms with Gasteiger partial charge >= 0.3 is 5.97 Å². The van der Waals surface area contributed by atoms with Gasteiger partial charge in [0.1, 0.15) is 11.9 Å². The van der Waals surface area contributed by atoms with Gasteiger partial charge in [-0.05, 0) is 68.7 Å². The Balaban J connectivity index is 1.89. The van der Waals surface area contributed by atoms with Gasteiger partial charge in [0, 0.05) is 35.8 Å². The van der Waals surface area contributed by atoms with E-state index in [0.29, 0.717) is 12.8 Å². The SMILES string of the molecule is C/C1=C/CC(c2ccc3c(C)ccnc3c2)OC(=O)CCC(C)(C)C(=O)[C@H](C)C(O)[C@@H](C)CCC1. The van der Waals surface area contributed by atoms with Crippen LogP contribution in [0, 0.1) is 24.2 Å². The van der Waals surface area contributed by atoms with Crippen LogP contribution >= 0.6 is 0 Å². The van der Waals surface area contributed by atoms with Crippen LogP contribution in [-0.2, 0) is 14.3 Å². The molecule has 5 nitrogen and oxygen atoms in total. The molecule has 35 heavy (non-hydrogen) atoms. The zero-order valence-corrected chi connectivity index (χ0v) is 22.1. The van der Waals surface area contributed by atoms with Crippen LogP contribution in [0.2, 0.25) is 0 Å². The topological polar surface area (TPSA) is 76.5 Å². The Kier molecular flexibility index (Phi) is 8.87. The van der Waals surface area contributed by atoms with Crippen molar-refractivity contribution in [2.45, 2.75) is 92.3 Å². The van der Waals surface area contributed by atoms with Crippen molar-refractivity contribution in [3.63, 3.8) is 0 Å². The molecule has 4 atom stereocenters. The summed E-state index contributed by atoms with van der Waals surface area (Å²) in [5.41, 5.74) is 3.49. The number of benzene rings is 1. The number of hydrogen-bond donors (Lipinski definition) is 1. The average Bonchev–Trinajstić information content (AvgIpc) is 2.83. The van der Waals surface area contributed by atoms with E-state index < -0.39 is 23.5 Å². The number of rotatable bonds is 1. The first-order chi connectivity index (χ1) is 16.5. The molecular formula is C30H41NO4. The molecule has 190 valence electrons. The summed E-state index contributed by atoms with van der Waals surface area (Å²) in [5.74, 6) is -0.744. The van der Waals surface area contributed by atoms with Crippen LogP contribution in [0.3, 0.4) is 0 Å². The minimum Gasteiger partial charge on any atom is -0.457 e. The Morgan fingerprint density at radius 3 is 2.57 bits per heavy atom. The van der Waals surface area contributed by atoms with Crippen molar-refractivity contribution in [2.24, 2.45) is 17.3 Å². The molecule has 2 aromatic rings. The molecule has 0 fully saturated rings. The lowest BCUT2D eigenvalue weighted by Gasteiger charge is -2.31. The van der Waals surface area contributed by atoms with E-state index in [1.807, 2.05) is 52.0 Å². The molecule has 1 aromatic heterocycles. The van der Waals surface area contributed by atoms with Gasteiger partial charge in [-0.1, -0.05) is 51.5 Å². The molecule has 2 unspecified atom stereocenters. The van der Waals surface area contributed by atoms with Crippen LogP contribution in [0.25, 0.3) is 10.9 Å². The van der Waals surface area contributed by atoms with Gasteiger partial charge in [0.15, 0.2) is 0 Å². The number of cyclic esters (lactones) is 1. The van der Waals surface area contributed by atoms with Gasteiger partial charge in [0.25, 0.3) is 0 Å². The maximum atomic E-state index is 13.2. The number of ketones is 1. The first-order valence-electron chi connectivity index (χ1n) is 12.9. The highest BCUT2D eigenvalue weighted by Gasteiger charge is 2.37. The molecule has 1 N–H and O–H groups in total. The van der Waals surface area contributed by atoms with Crippen molar-refractivity contribution in [1.29, 1.82) is 0 Å². The second kappa shape index (κ2) is 11.5. The van der Waals surface area contributed by atoms with Gasteiger partial charge in [-0.25, -0.2) is 0 Å². The number of carbonyl (C=O) groups is 2. The van der Waals surface area contributed by atoms with Gasteiger partial charge < -0.3 is 9.84 Å². The van der Waals surface area contributed by atoms with Gasteiger partial charge in [-0.3, -0.25) is 14.6 Å². The number of carbonyl (C=O) groups excluding carboxylic acids is 2. The van der Waals surface area contributed by atoms with Crippen molar-refractivity contribution in [3.8, 4) is 0 Å². The predicted molar refractivity (Wildman–Crippen MR) is 140 cm³/mol. The molecule has 0 radical (unpaired) electrons. The highest BCUT2D eigenvalue weighted by Crippen LogP contribution is 2.33. The summed E-state index contributed by atoms with van der Waals surface area (Å²) in [6.45, 7) is 11.7. The molecule has 2 heterocycles. The van der Waals surface area contributed by atoms with E-state index in [1.165, 1.54) is 5.57 Å². The fourth-order valence-electron chi connectivity index (χ4n) is 5.06. The first kappa shape index (κ1) is 27.1. The highest BCUT2D eigenvalue weighted by molar-refractivity contribution is 5.87. The Hall–Kier alpha value is -2.53. The molecule has 1 aliphatic rings. The molecule has 0 saturated carbocycles. The Morgan fingerprint density at radius 2 is 1.83 bits per heavy atom. The predicted octanol–water partition coefficient (Wildman–Crippen LogP) is 6.66. The van der Waals surface area contributed by atoms with Gasteiger partial charge in [0.2, 0.25) is 0 Å². The van der Waals surface area contributed by atoms with Crippen LogP contribution in [0.5, 0.6) is 0 Å². The largest absolute Gasteiger partial charge is 0.457 e. The number of nitrogens with zero attached hydrogens (tertiary/aromatic N) is 1. The smallest absolute Gasteiger partial charge is 0.306 e. The number of Topliss-reactive ketones (excluding diaryl/α,β-unsaturated/α-hetero) is 1. The summed E-state index contributed by atoms with van der Waals surface area (Å²) in [4.78, 5) is 30.6. The maximum absolute atomic E-state index is 13.2. The summed E-state index contributed by atoms with van der Waals surface area (Å²) < 4.78 is 5.99. The van der Waals surface area contributed by atoms with Crippen LogP contribution in [-0.4, -0.2) is 27.9 Å². The quantitative estimate of drug-likeness (QED) is 0.366. The number of fused-ring (bicyclic) bond motifs is 1. The first-order valence-corrected chi connectivity index (χ1v) is 12.9. The summed E-state index contributed by atoms with van der Waals surface area (Å²) in [6.07, 6.45) is 6.71. The van der Waals surface area contributed by atoms with Gasteiger partial charge in [0.05, 0.1) is 11.6 Å². The lowest BCUT2D eigenvalue weighted by atomic mass is 9.74. The van der Waals surface area contributed by atoms with E-state index >= 15 is 0 Å². The molecule has 0 spiro atoms. The van der Waals surface area contributed by atoms with Crippen molar-refractivity contribution < 1.29 is 19.4 Å². The molecule has 3 rings (SSSR count). The molecule has 0 saturated heterocycles. The number of aliphatic hydroxyl groups excluding tert-OH is 1. The van der Waals surface area contributed by atoms with Crippen molar-refractivity contribution >= 4 is 22.7 Å². The Labute approximate surface area is 210 Å². The highest BCUT2D eigenvalue weighted by atomic mass is 16.5. The van der Waals surface area contributed by atoms with Crippen LogP contribution < -0.4 is 0 Å². The Morgan fingerprint density at radius 1 is 1.09 bits per heavy atom. The molecule has 1 aliphatic heterocycles. The number of ether oxygens (including phenoxy) is 1. The summed E-state index contributed by atoms with van der Waals surface area (Å²) in [6, 6.07) is 8.07. The summed E-state index contributed by atoms with van der Waals surface area (Å²) in [7, 11) is 0. The van der Waals surface area contributed by atoms with Gasteiger partial charge in [-0.2, -0.15) is 0 Å². The van der Waals surface area contributed by atoms with E-state index in [1.54, 1.807) is 6.20 Å². The minimum atomic E-state index is -0.716. The second-order valence-electron chi connectivity index (χ2n) is 11.1. The number of aromatic nitrogens is 1. The Bertz CT molecular complexity index is 1090. The van der Waals surface area contributed by atoms with Crippen molar-refractivity contribution in [2.75, 3.05) is 0 Å². The maximum Gasteiger partial charge on any atom is 0.306 e. The van der Waals surface area contributed by atoms with E-state index in [-0.39, 0.29) is 24.1 Å². The lowest BCUT2D eigenvalue weighted by Crippen LogP contribution is -2.39. The third-order valence-electron chi connectivity index (χ3n) is 7.67. The van der Waals surface area contributed by atoms with E-state index in [2.05, 4.69) is 24.9 Å². The van der Waals surface area contributed by atoms with Crippen molar-refractivity contribution in [1.82, 2.24) is 4.98 Å². The van der Waals surface area contributed by atoms with E-state index in [0.717, 1.165) is 41.3 Å². The fourth-order valence-corrected chi connectivity index (χ4v) is 5.06. The molecule has 5 heteroatoms. The number of aryl methyl sites for hydroxylation is 1. The minimum absolute atomic E-state index is 0.000318. The monoisotopic (exact) mass is 479 g/mol. The standard InChI is InChI=1S/C30H41NO4/c1-19-8-7-9-21(3)28(33)22(4)29(34)30(5,6)16-14-27(32)35-26(13-10-19)23-11-12-24-20(2)15-17-31-25(24)18-23/h10-12,15,17-18,21-22,26,28,33H,7-9,13-14,16H2,1-6H3/b19-10-/t21-,22+,26?,28?/m0/s1. The van der Waals surface area contributed by atoms with Gasteiger partial charge in [-0.15, -0.1) is 0 Å². The van der Waals surface area contributed by atoms with Crippen LogP contribution in [0.15, 0.2) is 42.1 Å². The second-order valence-corrected chi connectivity index (χ2v) is 11.1. The molecule has 0 bridgehead atoms. The number of aliphatic hydroxyl groups is 1. The zero-order chi connectivity index (χ0) is 25.8. The van der Waals surface area contributed by atoms with Crippen LogP contribution in [0.1, 0.15) is 90.4 Å². The fraction of sp³-hybridized carbons (Fsp3) is 0.567. The third kappa shape index (κ3) is 6.78. The van der Waals surface area contributed by atoms with Crippen molar-refractivity contribution in [3.05, 3.63) is 53.2 Å². The number of allylic oxidation sites excluding steroid dienone is 1. The molecular weight excluding hydrogens is 438 g/mol. The number of pyridine rings is 1. The number of hydrogen-bond acceptors (Lipinski definition) is 5. The molecule has 0 amide bonds. The van der Waals surface area contributed by atoms with Crippen LogP contribution in [0.4, 0.5) is 0 Å². The lowest BCUT2D eigenvalue weighted by molar-refractivity contribution is -0.150.